The summed E-state index contributed by atoms with van der Waals surface area (Å²) in [6.07, 6.45) is 0.109. The SMILES string of the molecule is CC(C)OC(=O)[C@H](N)CCO. The molecule has 0 rings (SSSR count). The Hall–Kier alpha value is -0.610. The lowest BCUT2D eigenvalue weighted by Crippen LogP contribution is -2.34. The number of aliphatic hydroxyl groups excluding tert-OH is 1. The van der Waals surface area contributed by atoms with Crippen LogP contribution in [-0.4, -0.2) is 29.8 Å². The third kappa shape index (κ3) is 4.75. The summed E-state index contributed by atoms with van der Waals surface area (Å²) < 4.78 is 4.79. The molecule has 11 heavy (non-hydrogen) atoms. The van der Waals surface area contributed by atoms with Crippen LogP contribution in [0, 0.1) is 0 Å². The van der Waals surface area contributed by atoms with Crippen LogP contribution in [0.25, 0.3) is 0 Å². The third-order valence-electron chi connectivity index (χ3n) is 1.09. The molecule has 0 unspecified atom stereocenters. The number of rotatable bonds is 4. The number of nitrogens with two attached hydrogens (primary N) is 1. The minimum Gasteiger partial charge on any atom is -0.462 e. The molecule has 3 N–H and O–H groups in total. The van der Waals surface area contributed by atoms with Gasteiger partial charge < -0.3 is 15.6 Å². The Labute approximate surface area is 66.3 Å². The molecule has 0 aromatic carbocycles. The number of aliphatic hydroxyl groups is 1. The zero-order valence-electron chi connectivity index (χ0n) is 6.91. The van der Waals surface area contributed by atoms with E-state index in [1.54, 1.807) is 13.8 Å². The van der Waals surface area contributed by atoms with Gasteiger partial charge in [-0.3, -0.25) is 4.79 Å². The minimum atomic E-state index is -0.692. The van der Waals surface area contributed by atoms with Gasteiger partial charge in [0.05, 0.1) is 6.10 Å². The first kappa shape index (κ1) is 10.4. The molecule has 0 heterocycles. The van der Waals surface area contributed by atoms with Crippen LogP contribution in [-0.2, 0) is 9.53 Å². The highest BCUT2D eigenvalue weighted by atomic mass is 16.5. The predicted octanol–water partition coefficient (Wildman–Crippen LogP) is -0.352. The summed E-state index contributed by atoms with van der Waals surface area (Å²) in [5.74, 6) is -0.450. The molecular formula is C7H15NO3. The van der Waals surface area contributed by atoms with Crippen molar-refractivity contribution in [3.63, 3.8) is 0 Å². The highest BCUT2D eigenvalue weighted by Gasteiger charge is 2.14. The molecule has 0 saturated carbocycles. The smallest absolute Gasteiger partial charge is 0.323 e. The Morgan fingerprint density at radius 2 is 2.18 bits per heavy atom. The number of carbonyl (C=O) groups is 1. The largest absolute Gasteiger partial charge is 0.462 e. The first-order valence-electron chi connectivity index (χ1n) is 3.65. The Balaban J connectivity index is 3.64. The number of ether oxygens (including phenoxy) is 1. The van der Waals surface area contributed by atoms with Gasteiger partial charge in [0.2, 0.25) is 0 Å². The van der Waals surface area contributed by atoms with Crippen LogP contribution in [0.3, 0.4) is 0 Å². The number of esters is 1. The molecule has 0 aromatic rings. The van der Waals surface area contributed by atoms with Crippen molar-refractivity contribution >= 4 is 5.97 Å². The second-order valence-electron chi connectivity index (χ2n) is 2.60. The van der Waals surface area contributed by atoms with Gasteiger partial charge in [0, 0.05) is 6.61 Å². The number of hydrogen-bond acceptors (Lipinski definition) is 4. The third-order valence-corrected chi connectivity index (χ3v) is 1.09. The molecule has 0 aliphatic carbocycles. The van der Waals surface area contributed by atoms with Crippen LogP contribution < -0.4 is 5.73 Å². The predicted molar refractivity (Wildman–Crippen MR) is 40.9 cm³/mol. The van der Waals surface area contributed by atoms with Gasteiger partial charge in [0.1, 0.15) is 6.04 Å². The van der Waals surface area contributed by atoms with Crippen molar-refractivity contribution in [3.8, 4) is 0 Å². The van der Waals surface area contributed by atoms with Crippen LogP contribution in [0.15, 0.2) is 0 Å². The van der Waals surface area contributed by atoms with Gasteiger partial charge in [-0.1, -0.05) is 0 Å². The molecule has 0 bridgehead atoms. The van der Waals surface area contributed by atoms with Crippen molar-refractivity contribution < 1.29 is 14.6 Å². The van der Waals surface area contributed by atoms with E-state index in [1.165, 1.54) is 0 Å². The van der Waals surface area contributed by atoms with E-state index in [0.717, 1.165) is 0 Å². The quantitative estimate of drug-likeness (QED) is 0.553. The van der Waals surface area contributed by atoms with Crippen LogP contribution in [0.2, 0.25) is 0 Å². The standard InChI is InChI=1S/C7H15NO3/c1-5(2)11-7(10)6(8)3-4-9/h5-6,9H,3-4,8H2,1-2H3/t6-/m1/s1. The van der Waals surface area contributed by atoms with E-state index in [9.17, 15) is 4.79 Å². The van der Waals surface area contributed by atoms with E-state index >= 15 is 0 Å². The Bertz CT molecular complexity index is 125. The van der Waals surface area contributed by atoms with E-state index in [2.05, 4.69) is 0 Å². The van der Waals surface area contributed by atoms with Crippen molar-refractivity contribution in [3.05, 3.63) is 0 Å². The Morgan fingerprint density at radius 3 is 2.55 bits per heavy atom. The summed E-state index contributed by atoms with van der Waals surface area (Å²) in [6.45, 7) is 3.42. The van der Waals surface area contributed by atoms with E-state index in [4.69, 9.17) is 15.6 Å². The van der Waals surface area contributed by atoms with Gasteiger partial charge in [-0.05, 0) is 20.3 Å². The number of carbonyl (C=O) groups excluding carboxylic acids is 1. The van der Waals surface area contributed by atoms with Crippen LogP contribution in [0.1, 0.15) is 20.3 Å². The maximum absolute atomic E-state index is 10.9. The fourth-order valence-electron chi connectivity index (χ4n) is 0.577. The monoisotopic (exact) mass is 161 g/mol. The van der Waals surface area contributed by atoms with Gasteiger partial charge in [0.15, 0.2) is 0 Å². The Kier molecular flexibility index (Phi) is 4.81. The molecule has 0 saturated heterocycles. The van der Waals surface area contributed by atoms with E-state index in [0.29, 0.717) is 0 Å². The van der Waals surface area contributed by atoms with Crippen molar-refractivity contribution in [1.29, 1.82) is 0 Å². The van der Waals surface area contributed by atoms with Crippen molar-refractivity contribution in [2.75, 3.05) is 6.61 Å². The molecular weight excluding hydrogens is 146 g/mol. The fourth-order valence-corrected chi connectivity index (χ4v) is 0.577. The summed E-state index contributed by atoms with van der Waals surface area (Å²) in [6, 6.07) is -0.692. The first-order valence-corrected chi connectivity index (χ1v) is 3.65. The molecule has 4 heteroatoms. The van der Waals surface area contributed by atoms with Gasteiger partial charge in [-0.15, -0.1) is 0 Å². The van der Waals surface area contributed by atoms with Gasteiger partial charge in [-0.2, -0.15) is 0 Å². The molecule has 1 atom stereocenters. The van der Waals surface area contributed by atoms with Crippen LogP contribution in [0.5, 0.6) is 0 Å². The van der Waals surface area contributed by atoms with Gasteiger partial charge >= 0.3 is 5.97 Å². The maximum atomic E-state index is 10.9. The lowest BCUT2D eigenvalue weighted by Gasteiger charge is -2.12. The summed E-state index contributed by atoms with van der Waals surface area (Å²) >= 11 is 0. The molecule has 0 radical (unpaired) electrons. The molecule has 0 amide bonds. The average Bonchev–Trinajstić information content (AvgIpc) is 1.86. The summed E-state index contributed by atoms with van der Waals surface area (Å²) in [5, 5.41) is 8.43. The fraction of sp³-hybridized carbons (Fsp3) is 0.857. The Morgan fingerprint density at radius 1 is 1.64 bits per heavy atom. The van der Waals surface area contributed by atoms with E-state index < -0.39 is 12.0 Å². The zero-order valence-corrected chi connectivity index (χ0v) is 6.91. The van der Waals surface area contributed by atoms with Crippen LogP contribution >= 0.6 is 0 Å². The molecule has 0 spiro atoms. The van der Waals surface area contributed by atoms with E-state index in [1.807, 2.05) is 0 Å². The highest BCUT2D eigenvalue weighted by Crippen LogP contribution is 1.95. The summed E-state index contributed by atoms with van der Waals surface area (Å²) in [4.78, 5) is 10.9. The lowest BCUT2D eigenvalue weighted by atomic mass is 10.2. The number of hydrogen-bond donors (Lipinski definition) is 2. The van der Waals surface area contributed by atoms with Crippen molar-refractivity contribution in [2.45, 2.75) is 32.4 Å². The molecule has 0 aliphatic rings. The van der Waals surface area contributed by atoms with Crippen LogP contribution in [0.4, 0.5) is 0 Å². The molecule has 4 nitrogen and oxygen atoms in total. The lowest BCUT2D eigenvalue weighted by molar-refractivity contribution is -0.149. The molecule has 0 aliphatic heterocycles. The van der Waals surface area contributed by atoms with Gasteiger partial charge in [0.25, 0.3) is 0 Å². The molecule has 0 fully saturated rings. The maximum Gasteiger partial charge on any atom is 0.323 e. The zero-order chi connectivity index (χ0) is 8.85. The molecule has 0 aromatic heterocycles. The second-order valence-corrected chi connectivity index (χ2v) is 2.60. The second kappa shape index (κ2) is 5.09. The topological polar surface area (TPSA) is 72.5 Å². The van der Waals surface area contributed by atoms with Crippen molar-refractivity contribution in [1.82, 2.24) is 0 Å². The summed E-state index contributed by atoms with van der Waals surface area (Å²) in [5.41, 5.74) is 5.34. The van der Waals surface area contributed by atoms with Crippen molar-refractivity contribution in [2.24, 2.45) is 5.73 Å². The summed E-state index contributed by atoms with van der Waals surface area (Å²) in [7, 11) is 0. The molecule has 66 valence electrons. The van der Waals surface area contributed by atoms with Gasteiger partial charge in [-0.25, -0.2) is 0 Å². The average molecular weight is 161 g/mol. The normalized spacial score (nSPS) is 13.2. The minimum absolute atomic E-state index is 0.0889. The highest BCUT2D eigenvalue weighted by molar-refractivity contribution is 5.75. The van der Waals surface area contributed by atoms with E-state index in [-0.39, 0.29) is 19.1 Å². The first-order chi connectivity index (χ1) is 5.07.